The minimum Gasteiger partial charge on any atom is -0.497 e. The maximum atomic E-state index is 17.0. The molecule has 0 radical (unpaired) electrons. The molecule has 4 atom stereocenters. The van der Waals surface area contributed by atoms with Crippen molar-refractivity contribution in [2.75, 3.05) is 19.5 Å². The fourth-order valence-corrected chi connectivity index (χ4v) is 5.60. The molecule has 0 aliphatic carbocycles. The van der Waals surface area contributed by atoms with E-state index in [1.807, 2.05) is 36.4 Å². The Morgan fingerprint density at radius 1 is 1.00 bits per heavy atom. The van der Waals surface area contributed by atoms with Crippen LogP contribution < -0.4 is 16.2 Å². The number of aliphatic hydroxyl groups is 2. The summed E-state index contributed by atoms with van der Waals surface area (Å²) in [4.78, 5) is 17.4. The van der Waals surface area contributed by atoms with Gasteiger partial charge in [0.2, 0.25) is 5.72 Å². The third-order valence-corrected chi connectivity index (χ3v) is 7.22. The van der Waals surface area contributed by atoms with Crippen LogP contribution in [0.3, 0.4) is 0 Å². The Bertz CT molecular complexity index is 1410. The third kappa shape index (κ3) is 3.70. The Labute approximate surface area is 218 Å². The van der Waals surface area contributed by atoms with E-state index in [4.69, 9.17) is 15.2 Å². The number of aliphatic hydroxyl groups excluding tert-OH is 2. The van der Waals surface area contributed by atoms with E-state index in [0.717, 1.165) is 4.57 Å². The number of ether oxygens (including phenoxy) is 2. The lowest BCUT2D eigenvalue weighted by Gasteiger charge is -2.50. The number of rotatable bonds is 7. The van der Waals surface area contributed by atoms with Gasteiger partial charge in [0.15, 0.2) is 6.17 Å². The largest absolute Gasteiger partial charge is 0.497 e. The minimum absolute atomic E-state index is 0.0523. The van der Waals surface area contributed by atoms with Gasteiger partial charge in [-0.15, -0.1) is 0 Å². The van der Waals surface area contributed by atoms with E-state index >= 15 is 4.39 Å². The van der Waals surface area contributed by atoms with Gasteiger partial charge >= 0.3 is 5.69 Å². The number of nitrogen functional groups attached to an aromatic ring is 1. The zero-order chi connectivity index (χ0) is 26.9. The first kappa shape index (κ1) is 25.6. The SMILES string of the molecule is COc1ccc(C(c2ccccc2)(c2ccccc2)[C@@]2(n3ccc(N)nc3=O)O[C@H](CO)[C@@H](O)[C@H]2F)cc1. The summed E-state index contributed by atoms with van der Waals surface area (Å²) >= 11 is 0. The molecule has 8 nitrogen and oxygen atoms in total. The first-order valence-electron chi connectivity index (χ1n) is 12.1. The Morgan fingerprint density at radius 3 is 2.03 bits per heavy atom. The minimum atomic E-state index is -2.24. The first-order valence-corrected chi connectivity index (χ1v) is 12.1. The van der Waals surface area contributed by atoms with E-state index in [9.17, 15) is 15.0 Å². The van der Waals surface area contributed by atoms with Gasteiger partial charge in [-0.1, -0.05) is 72.8 Å². The number of nitrogens with two attached hydrogens (primary N) is 1. The van der Waals surface area contributed by atoms with Gasteiger partial charge in [0, 0.05) is 6.20 Å². The van der Waals surface area contributed by atoms with Crippen LogP contribution in [0.1, 0.15) is 16.7 Å². The van der Waals surface area contributed by atoms with Gasteiger partial charge in [-0.3, -0.25) is 4.57 Å². The van der Waals surface area contributed by atoms with E-state index in [-0.39, 0.29) is 5.82 Å². The second-order valence-electron chi connectivity index (χ2n) is 9.14. The summed E-state index contributed by atoms with van der Waals surface area (Å²) in [7, 11) is 1.54. The smallest absolute Gasteiger partial charge is 0.351 e. The van der Waals surface area contributed by atoms with Gasteiger partial charge in [-0.2, -0.15) is 4.98 Å². The van der Waals surface area contributed by atoms with Gasteiger partial charge in [0.1, 0.15) is 23.8 Å². The summed E-state index contributed by atoms with van der Waals surface area (Å²) in [5.74, 6) is 0.519. The molecule has 1 aliphatic heterocycles. The molecular weight excluding hydrogens is 489 g/mol. The molecule has 0 spiro atoms. The molecule has 0 saturated carbocycles. The van der Waals surface area contributed by atoms with Crippen LogP contribution in [0.2, 0.25) is 0 Å². The predicted molar refractivity (Wildman–Crippen MR) is 140 cm³/mol. The molecule has 0 unspecified atom stereocenters. The van der Waals surface area contributed by atoms with Crippen molar-refractivity contribution in [1.82, 2.24) is 9.55 Å². The van der Waals surface area contributed by atoms with Crippen LogP contribution in [0.15, 0.2) is 102 Å². The Balaban J connectivity index is 2.01. The highest BCUT2D eigenvalue weighted by atomic mass is 19.1. The van der Waals surface area contributed by atoms with Crippen LogP contribution in [0.4, 0.5) is 10.2 Å². The van der Waals surface area contributed by atoms with Crippen molar-refractivity contribution in [2.24, 2.45) is 0 Å². The predicted octanol–water partition coefficient (Wildman–Crippen LogP) is 2.61. The summed E-state index contributed by atoms with van der Waals surface area (Å²) in [5, 5.41) is 21.1. The Kier molecular flexibility index (Phi) is 6.75. The molecule has 9 heteroatoms. The molecule has 1 aromatic heterocycles. The number of aromatic nitrogens is 2. The van der Waals surface area contributed by atoms with Crippen LogP contribution in [0.25, 0.3) is 0 Å². The molecule has 4 N–H and O–H groups in total. The Morgan fingerprint density at radius 2 is 1.55 bits per heavy atom. The van der Waals surface area contributed by atoms with Crippen molar-refractivity contribution >= 4 is 5.82 Å². The highest BCUT2D eigenvalue weighted by Gasteiger charge is 2.69. The molecular formula is C29H28FN3O5. The summed E-state index contributed by atoms with van der Waals surface area (Å²) in [5.41, 5.74) is 2.81. The second kappa shape index (κ2) is 10.0. The fraction of sp³-hybridized carbons (Fsp3) is 0.241. The van der Waals surface area contributed by atoms with Crippen LogP contribution in [0.5, 0.6) is 5.75 Å². The lowest BCUT2D eigenvalue weighted by molar-refractivity contribution is -0.166. The normalized spacial score (nSPS) is 23.3. The van der Waals surface area contributed by atoms with Gasteiger partial charge < -0.3 is 25.4 Å². The van der Waals surface area contributed by atoms with E-state index < -0.39 is 41.8 Å². The van der Waals surface area contributed by atoms with E-state index in [1.165, 1.54) is 19.4 Å². The Hall–Kier alpha value is -4.05. The molecule has 1 saturated heterocycles. The zero-order valence-electron chi connectivity index (χ0n) is 20.6. The van der Waals surface area contributed by atoms with Gasteiger partial charge in [0.25, 0.3) is 0 Å². The van der Waals surface area contributed by atoms with Crippen LogP contribution in [0, 0.1) is 0 Å². The molecule has 1 aliphatic rings. The van der Waals surface area contributed by atoms with Crippen LogP contribution in [-0.4, -0.2) is 51.9 Å². The molecule has 4 aromatic rings. The van der Waals surface area contributed by atoms with Crippen molar-refractivity contribution in [3.05, 3.63) is 124 Å². The van der Waals surface area contributed by atoms with Crippen LogP contribution >= 0.6 is 0 Å². The summed E-state index contributed by atoms with van der Waals surface area (Å²) in [6, 6.07) is 26.5. The molecule has 2 heterocycles. The number of anilines is 1. The number of benzene rings is 3. The topological polar surface area (TPSA) is 120 Å². The lowest BCUT2D eigenvalue weighted by Crippen LogP contribution is -2.63. The van der Waals surface area contributed by atoms with Crippen molar-refractivity contribution in [3.63, 3.8) is 0 Å². The van der Waals surface area contributed by atoms with Crippen molar-refractivity contribution < 1.29 is 24.1 Å². The number of methoxy groups -OCH3 is 1. The van der Waals surface area contributed by atoms with E-state index in [1.54, 1.807) is 48.5 Å². The quantitative estimate of drug-likeness (QED) is 0.323. The van der Waals surface area contributed by atoms with Gasteiger partial charge in [-0.25, -0.2) is 9.18 Å². The number of hydrogen-bond acceptors (Lipinski definition) is 7. The summed E-state index contributed by atoms with van der Waals surface area (Å²) < 4.78 is 29.8. The standard InChI is InChI=1S/C29H28FN3O5/c1-37-22-14-12-21(13-15-22)28(19-8-4-2-5-9-19,20-10-6-3-7-11-20)29(26(30)25(35)23(18-34)38-29)33-17-16-24(31)32-27(33)36/h2-17,23,25-26,34-35H,18H2,1H3,(H2,31,32,36)/t23-,25-,26-,29+/m1/s1. The molecule has 0 bridgehead atoms. The molecule has 5 rings (SSSR count). The third-order valence-electron chi connectivity index (χ3n) is 7.22. The molecule has 0 amide bonds. The lowest BCUT2D eigenvalue weighted by atomic mass is 9.61. The highest BCUT2D eigenvalue weighted by Crippen LogP contribution is 2.57. The fourth-order valence-electron chi connectivity index (χ4n) is 5.60. The van der Waals surface area contributed by atoms with Crippen molar-refractivity contribution in [2.45, 2.75) is 29.5 Å². The van der Waals surface area contributed by atoms with Gasteiger partial charge in [-0.05, 0) is 34.9 Å². The number of alkyl halides is 1. The van der Waals surface area contributed by atoms with E-state index in [0.29, 0.717) is 22.4 Å². The second-order valence-corrected chi connectivity index (χ2v) is 9.14. The van der Waals surface area contributed by atoms with Crippen molar-refractivity contribution in [1.29, 1.82) is 0 Å². The van der Waals surface area contributed by atoms with Crippen molar-refractivity contribution in [3.8, 4) is 5.75 Å². The maximum absolute atomic E-state index is 17.0. The summed E-state index contributed by atoms with van der Waals surface area (Å²) in [6.07, 6.45) is -3.97. The number of halogens is 1. The first-order chi connectivity index (χ1) is 18.4. The average Bonchev–Trinajstić information content (AvgIpc) is 3.21. The molecule has 196 valence electrons. The highest BCUT2D eigenvalue weighted by molar-refractivity contribution is 5.55. The summed E-state index contributed by atoms with van der Waals surface area (Å²) in [6.45, 7) is -0.678. The average molecular weight is 518 g/mol. The zero-order valence-corrected chi connectivity index (χ0v) is 20.6. The van der Waals surface area contributed by atoms with Gasteiger partial charge in [0.05, 0.1) is 19.1 Å². The maximum Gasteiger partial charge on any atom is 0.351 e. The molecule has 1 fully saturated rings. The monoisotopic (exact) mass is 517 g/mol. The van der Waals surface area contributed by atoms with Crippen LogP contribution in [-0.2, 0) is 15.9 Å². The number of hydrogen-bond donors (Lipinski definition) is 3. The molecule has 38 heavy (non-hydrogen) atoms. The van der Waals surface area contributed by atoms with E-state index in [2.05, 4.69) is 4.98 Å². The molecule has 3 aromatic carbocycles. The number of nitrogens with zero attached hydrogens (tertiary/aromatic N) is 2.